The quantitative estimate of drug-likeness (QED) is 0.532. The van der Waals surface area contributed by atoms with Gasteiger partial charge in [-0.2, -0.15) is 0 Å². The third kappa shape index (κ3) is 3.26. The summed E-state index contributed by atoms with van der Waals surface area (Å²) in [5.74, 6) is 2.25. The van der Waals surface area contributed by atoms with Crippen molar-refractivity contribution in [2.24, 2.45) is 5.92 Å². The molecule has 1 aliphatic rings. The van der Waals surface area contributed by atoms with E-state index in [0.29, 0.717) is 11.7 Å². The van der Waals surface area contributed by atoms with E-state index in [-0.39, 0.29) is 6.04 Å². The standard InChI is InChI=1S/C23H20N4/c1-2-7-16(8-3-1)21(17-12-13-17)26-23-19-10-4-5-11-20(19)25-22(27-23)18-9-6-14-24-15-18/h1-11,14-15,17,21H,12-13H2,(H,25,26,27). The number of hydrogen-bond donors (Lipinski definition) is 1. The largest absolute Gasteiger partial charge is 0.362 e. The van der Waals surface area contributed by atoms with Gasteiger partial charge in [-0.05, 0) is 48.6 Å². The average molecular weight is 352 g/mol. The predicted octanol–water partition coefficient (Wildman–Crippen LogP) is 5.26. The van der Waals surface area contributed by atoms with Crippen LogP contribution in [-0.2, 0) is 0 Å². The van der Waals surface area contributed by atoms with Crippen LogP contribution >= 0.6 is 0 Å². The molecule has 4 nitrogen and oxygen atoms in total. The van der Waals surface area contributed by atoms with Gasteiger partial charge in [0.15, 0.2) is 5.82 Å². The summed E-state index contributed by atoms with van der Waals surface area (Å²) in [6.07, 6.45) is 6.09. The smallest absolute Gasteiger partial charge is 0.163 e. The van der Waals surface area contributed by atoms with E-state index in [1.165, 1.54) is 18.4 Å². The number of hydrogen-bond acceptors (Lipinski definition) is 4. The minimum absolute atomic E-state index is 0.270. The van der Waals surface area contributed by atoms with Gasteiger partial charge in [-0.25, -0.2) is 9.97 Å². The Hall–Kier alpha value is -3.27. The van der Waals surface area contributed by atoms with Gasteiger partial charge in [-0.3, -0.25) is 4.98 Å². The maximum absolute atomic E-state index is 4.88. The van der Waals surface area contributed by atoms with Crippen LogP contribution in [0.2, 0.25) is 0 Å². The second-order valence-corrected chi connectivity index (χ2v) is 7.02. The molecule has 1 fully saturated rings. The van der Waals surface area contributed by atoms with Crippen LogP contribution in [0.4, 0.5) is 5.82 Å². The summed E-state index contributed by atoms with van der Waals surface area (Å²) >= 11 is 0. The number of fused-ring (bicyclic) bond motifs is 1. The molecule has 0 radical (unpaired) electrons. The van der Waals surface area contributed by atoms with E-state index >= 15 is 0 Å². The van der Waals surface area contributed by atoms with Crippen LogP contribution in [0.3, 0.4) is 0 Å². The van der Waals surface area contributed by atoms with Crippen molar-refractivity contribution in [3.8, 4) is 11.4 Å². The number of benzene rings is 2. The fourth-order valence-electron chi connectivity index (χ4n) is 3.52. The maximum atomic E-state index is 4.88. The van der Waals surface area contributed by atoms with Crippen LogP contribution in [-0.4, -0.2) is 15.0 Å². The van der Waals surface area contributed by atoms with Crippen molar-refractivity contribution in [3.05, 3.63) is 84.7 Å². The van der Waals surface area contributed by atoms with Crippen LogP contribution in [0.5, 0.6) is 0 Å². The lowest BCUT2D eigenvalue weighted by Crippen LogP contribution is -2.14. The van der Waals surface area contributed by atoms with Crippen LogP contribution in [0.25, 0.3) is 22.3 Å². The molecule has 2 aromatic carbocycles. The lowest BCUT2D eigenvalue weighted by molar-refractivity contribution is 0.676. The molecule has 0 amide bonds. The molecule has 0 bridgehead atoms. The molecule has 1 aliphatic carbocycles. The first kappa shape index (κ1) is 15.9. The van der Waals surface area contributed by atoms with E-state index < -0.39 is 0 Å². The lowest BCUT2D eigenvalue weighted by atomic mass is 10.0. The summed E-state index contributed by atoms with van der Waals surface area (Å²) in [5, 5.41) is 4.79. The first-order chi connectivity index (χ1) is 13.4. The summed E-state index contributed by atoms with van der Waals surface area (Å²) in [6.45, 7) is 0. The van der Waals surface area contributed by atoms with Crippen molar-refractivity contribution in [2.75, 3.05) is 5.32 Å². The first-order valence-corrected chi connectivity index (χ1v) is 9.37. The Balaban J connectivity index is 1.61. The molecule has 5 rings (SSSR count). The third-order valence-corrected chi connectivity index (χ3v) is 5.07. The first-order valence-electron chi connectivity index (χ1n) is 9.37. The van der Waals surface area contributed by atoms with Crippen molar-refractivity contribution >= 4 is 16.7 Å². The molecule has 132 valence electrons. The molecule has 2 heterocycles. The van der Waals surface area contributed by atoms with E-state index in [0.717, 1.165) is 22.3 Å². The van der Waals surface area contributed by atoms with Gasteiger partial charge in [0.1, 0.15) is 5.82 Å². The zero-order chi connectivity index (χ0) is 18.1. The Labute approximate surface area is 158 Å². The summed E-state index contributed by atoms with van der Waals surface area (Å²) in [7, 11) is 0. The number of rotatable bonds is 5. The highest BCUT2D eigenvalue weighted by molar-refractivity contribution is 5.90. The lowest BCUT2D eigenvalue weighted by Gasteiger charge is -2.21. The van der Waals surface area contributed by atoms with Gasteiger partial charge in [0.05, 0.1) is 11.6 Å². The van der Waals surface area contributed by atoms with E-state index in [1.54, 1.807) is 6.20 Å². The molecule has 0 spiro atoms. The van der Waals surface area contributed by atoms with Gasteiger partial charge in [0.25, 0.3) is 0 Å². The normalized spacial score (nSPS) is 14.8. The zero-order valence-corrected chi connectivity index (χ0v) is 14.9. The summed E-state index contributed by atoms with van der Waals surface area (Å²) in [5.41, 5.74) is 3.18. The minimum Gasteiger partial charge on any atom is -0.362 e. The fraction of sp³-hybridized carbons (Fsp3) is 0.174. The fourth-order valence-corrected chi connectivity index (χ4v) is 3.52. The minimum atomic E-state index is 0.270. The molecule has 0 saturated heterocycles. The van der Waals surface area contributed by atoms with Crippen molar-refractivity contribution in [2.45, 2.75) is 18.9 Å². The predicted molar refractivity (Wildman–Crippen MR) is 108 cm³/mol. The number of pyridine rings is 1. The molecule has 1 N–H and O–H groups in total. The highest BCUT2D eigenvalue weighted by Crippen LogP contribution is 2.43. The van der Waals surface area contributed by atoms with Crippen molar-refractivity contribution in [1.82, 2.24) is 15.0 Å². The van der Waals surface area contributed by atoms with Crippen LogP contribution in [0, 0.1) is 5.92 Å². The Kier molecular flexibility index (Phi) is 4.02. The molecule has 1 atom stereocenters. The van der Waals surface area contributed by atoms with Crippen LogP contribution in [0.1, 0.15) is 24.4 Å². The van der Waals surface area contributed by atoms with Gasteiger partial charge < -0.3 is 5.32 Å². The van der Waals surface area contributed by atoms with Gasteiger partial charge >= 0.3 is 0 Å². The summed E-state index contributed by atoms with van der Waals surface area (Å²) < 4.78 is 0. The van der Waals surface area contributed by atoms with E-state index in [1.807, 2.05) is 36.5 Å². The topological polar surface area (TPSA) is 50.7 Å². The van der Waals surface area contributed by atoms with Crippen LogP contribution in [0.15, 0.2) is 79.1 Å². The summed E-state index contributed by atoms with van der Waals surface area (Å²) in [6, 6.07) is 23.0. The molecule has 1 saturated carbocycles. The van der Waals surface area contributed by atoms with Crippen molar-refractivity contribution < 1.29 is 0 Å². The highest BCUT2D eigenvalue weighted by atomic mass is 15.1. The SMILES string of the molecule is c1ccc(C(Nc2nc(-c3cccnc3)nc3ccccc23)C2CC2)cc1. The van der Waals surface area contributed by atoms with Gasteiger partial charge in [-0.1, -0.05) is 42.5 Å². The molecular weight excluding hydrogens is 332 g/mol. The molecule has 4 aromatic rings. The van der Waals surface area contributed by atoms with E-state index in [2.05, 4.69) is 46.7 Å². The van der Waals surface area contributed by atoms with Crippen molar-refractivity contribution in [3.63, 3.8) is 0 Å². The molecule has 2 aromatic heterocycles. The molecule has 0 aliphatic heterocycles. The van der Waals surface area contributed by atoms with E-state index in [4.69, 9.17) is 9.97 Å². The maximum Gasteiger partial charge on any atom is 0.163 e. The zero-order valence-electron chi connectivity index (χ0n) is 14.9. The Bertz CT molecular complexity index is 1060. The van der Waals surface area contributed by atoms with Gasteiger partial charge in [0.2, 0.25) is 0 Å². The Morgan fingerprint density at radius 3 is 2.44 bits per heavy atom. The Morgan fingerprint density at radius 1 is 0.852 bits per heavy atom. The number of nitrogens with zero attached hydrogens (tertiary/aromatic N) is 3. The molecular formula is C23H20N4. The number of aromatic nitrogens is 3. The van der Waals surface area contributed by atoms with E-state index in [9.17, 15) is 0 Å². The van der Waals surface area contributed by atoms with Crippen molar-refractivity contribution in [1.29, 1.82) is 0 Å². The summed E-state index contributed by atoms with van der Waals surface area (Å²) in [4.78, 5) is 13.9. The highest BCUT2D eigenvalue weighted by Gasteiger charge is 2.33. The van der Waals surface area contributed by atoms with Gasteiger partial charge in [0, 0.05) is 23.3 Å². The number of anilines is 1. The third-order valence-electron chi connectivity index (χ3n) is 5.07. The number of para-hydroxylation sites is 1. The monoisotopic (exact) mass is 352 g/mol. The van der Waals surface area contributed by atoms with Crippen LogP contribution < -0.4 is 5.32 Å². The molecule has 27 heavy (non-hydrogen) atoms. The average Bonchev–Trinajstić information content (AvgIpc) is 3.58. The number of nitrogens with one attached hydrogen (secondary N) is 1. The molecule has 1 unspecified atom stereocenters. The second kappa shape index (κ2) is 6.80. The second-order valence-electron chi connectivity index (χ2n) is 7.02. The van der Waals surface area contributed by atoms with Gasteiger partial charge in [-0.15, -0.1) is 0 Å². The molecule has 4 heteroatoms. The Morgan fingerprint density at radius 2 is 1.67 bits per heavy atom.